The molecule has 0 aromatic carbocycles. The molecule has 20 heavy (non-hydrogen) atoms. The summed E-state index contributed by atoms with van der Waals surface area (Å²) in [6.07, 6.45) is -0.100. The number of carboxylic acid groups (broad SMARTS) is 2. The summed E-state index contributed by atoms with van der Waals surface area (Å²) >= 11 is 0. The Kier molecular flexibility index (Phi) is 9.05. The minimum Gasteiger partial charge on any atom is -0.481 e. The number of nitrogens with two attached hydrogens (primary N) is 1. The molecule has 0 bridgehead atoms. The van der Waals surface area contributed by atoms with Gasteiger partial charge in [0, 0.05) is 13.1 Å². The molecule has 9 nitrogen and oxygen atoms in total. The van der Waals surface area contributed by atoms with E-state index in [2.05, 4.69) is 10.6 Å². The van der Waals surface area contributed by atoms with Crippen molar-refractivity contribution in [3.05, 3.63) is 0 Å². The third-order valence-corrected chi connectivity index (χ3v) is 2.45. The SMILES string of the molecule is N[C@@H](CCCCNC(=O)NC[C@@H](O)CC(=O)O)C(=O)O. The predicted octanol–water partition coefficient (Wildman–Crippen LogP) is -1.30. The molecule has 0 heterocycles. The number of carbonyl (C=O) groups excluding carboxylic acids is 1. The van der Waals surface area contributed by atoms with Crippen molar-refractivity contribution in [3.8, 4) is 0 Å². The number of unbranched alkanes of at least 4 members (excludes halogenated alkanes) is 1. The Morgan fingerprint density at radius 1 is 1.10 bits per heavy atom. The van der Waals surface area contributed by atoms with Crippen LogP contribution in [-0.2, 0) is 9.59 Å². The van der Waals surface area contributed by atoms with Crippen LogP contribution in [0.15, 0.2) is 0 Å². The molecule has 0 fully saturated rings. The van der Waals surface area contributed by atoms with Crippen LogP contribution < -0.4 is 16.4 Å². The molecule has 0 aliphatic rings. The molecule has 0 aromatic heterocycles. The number of nitrogens with one attached hydrogen (secondary N) is 2. The van der Waals surface area contributed by atoms with E-state index >= 15 is 0 Å². The number of urea groups is 1. The van der Waals surface area contributed by atoms with E-state index in [4.69, 9.17) is 15.9 Å². The summed E-state index contributed by atoms with van der Waals surface area (Å²) in [7, 11) is 0. The predicted molar refractivity (Wildman–Crippen MR) is 69.1 cm³/mol. The van der Waals surface area contributed by atoms with E-state index < -0.39 is 36.5 Å². The van der Waals surface area contributed by atoms with Gasteiger partial charge in [-0.25, -0.2) is 4.79 Å². The lowest BCUT2D eigenvalue weighted by Gasteiger charge is -2.11. The highest BCUT2D eigenvalue weighted by Gasteiger charge is 2.11. The van der Waals surface area contributed by atoms with E-state index in [1.165, 1.54) is 0 Å². The summed E-state index contributed by atoms with van der Waals surface area (Å²) in [4.78, 5) is 31.9. The number of hydrogen-bond acceptors (Lipinski definition) is 5. The van der Waals surface area contributed by atoms with Crippen molar-refractivity contribution in [1.29, 1.82) is 0 Å². The van der Waals surface area contributed by atoms with Gasteiger partial charge >= 0.3 is 18.0 Å². The van der Waals surface area contributed by atoms with Crippen LogP contribution in [0.25, 0.3) is 0 Å². The van der Waals surface area contributed by atoms with Crippen molar-refractivity contribution in [2.45, 2.75) is 37.8 Å². The molecule has 0 radical (unpaired) electrons. The van der Waals surface area contributed by atoms with Crippen LogP contribution in [0.4, 0.5) is 4.79 Å². The Morgan fingerprint density at radius 3 is 2.30 bits per heavy atom. The zero-order valence-electron chi connectivity index (χ0n) is 11.0. The number of carbonyl (C=O) groups is 3. The Balaban J connectivity index is 3.54. The van der Waals surface area contributed by atoms with Crippen LogP contribution in [0.5, 0.6) is 0 Å². The molecule has 0 aliphatic carbocycles. The average Bonchev–Trinajstić information content (AvgIpc) is 2.34. The smallest absolute Gasteiger partial charge is 0.320 e. The fourth-order valence-electron chi connectivity index (χ4n) is 1.36. The van der Waals surface area contributed by atoms with Crippen molar-refractivity contribution in [2.75, 3.05) is 13.1 Å². The standard InChI is InChI=1S/C11H21N3O6/c12-8(10(18)19)3-1-2-4-13-11(20)14-6-7(15)5-9(16)17/h7-8,15H,1-6,12H2,(H,16,17)(H,18,19)(H2,13,14,20)/t7-,8-/m0/s1. The summed E-state index contributed by atoms with van der Waals surface area (Å²) in [5.41, 5.74) is 5.30. The van der Waals surface area contributed by atoms with Crippen molar-refractivity contribution < 1.29 is 29.7 Å². The molecular formula is C11H21N3O6. The Bertz CT molecular complexity index is 336. The Hall–Kier alpha value is -1.87. The van der Waals surface area contributed by atoms with E-state index in [0.29, 0.717) is 25.8 Å². The summed E-state index contributed by atoms with van der Waals surface area (Å²) in [6.45, 7) is 0.190. The molecule has 0 saturated carbocycles. The largest absolute Gasteiger partial charge is 0.481 e. The summed E-state index contributed by atoms with van der Waals surface area (Å²) in [5.74, 6) is -2.20. The first-order chi connectivity index (χ1) is 9.32. The number of aliphatic hydroxyl groups is 1. The first-order valence-corrected chi connectivity index (χ1v) is 6.23. The number of carboxylic acids is 2. The molecule has 0 saturated heterocycles. The highest BCUT2D eigenvalue weighted by Crippen LogP contribution is 1.98. The summed E-state index contributed by atoms with van der Waals surface area (Å²) in [6, 6.07) is -1.41. The Morgan fingerprint density at radius 2 is 1.75 bits per heavy atom. The summed E-state index contributed by atoms with van der Waals surface area (Å²) in [5, 5.41) is 31.0. The van der Waals surface area contributed by atoms with Crippen LogP contribution >= 0.6 is 0 Å². The molecular weight excluding hydrogens is 270 g/mol. The van der Waals surface area contributed by atoms with Crippen LogP contribution in [0.3, 0.4) is 0 Å². The highest BCUT2D eigenvalue weighted by atomic mass is 16.4. The molecule has 0 unspecified atom stereocenters. The monoisotopic (exact) mass is 291 g/mol. The van der Waals surface area contributed by atoms with E-state index in [0.717, 1.165) is 0 Å². The zero-order valence-corrected chi connectivity index (χ0v) is 11.0. The number of rotatable bonds is 10. The molecule has 7 N–H and O–H groups in total. The van der Waals surface area contributed by atoms with Crippen LogP contribution in [0.1, 0.15) is 25.7 Å². The quantitative estimate of drug-likeness (QED) is 0.272. The maximum Gasteiger partial charge on any atom is 0.320 e. The molecule has 0 aromatic rings. The number of hydrogen-bond donors (Lipinski definition) is 6. The second kappa shape index (κ2) is 9.98. The average molecular weight is 291 g/mol. The normalized spacial score (nSPS) is 13.3. The molecule has 0 aliphatic heterocycles. The van der Waals surface area contributed by atoms with Crippen LogP contribution in [0, 0.1) is 0 Å². The van der Waals surface area contributed by atoms with Crippen LogP contribution in [-0.4, -0.2) is 58.5 Å². The lowest BCUT2D eigenvalue weighted by molar-refractivity contribution is -0.139. The number of amides is 2. The van der Waals surface area contributed by atoms with Crippen molar-refractivity contribution >= 4 is 18.0 Å². The topological polar surface area (TPSA) is 162 Å². The van der Waals surface area contributed by atoms with Gasteiger partial charge < -0.3 is 31.7 Å². The van der Waals surface area contributed by atoms with Gasteiger partial charge in [0.25, 0.3) is 0 Å². The van der Waals surface area contributed by atoms with Gasteiger partial charge in [0.1, 0.15) is 6.04 Å². The number of aliphatic hydroxyl groups excluding tert-OH is 1. The van der Waals surface area contributed by atoms with Gasteiger partial charge in [-0.15, -0.1) is 0 Å². The van der Waals surface area contributed by atoms with E-state index in [1.54, 1.807) is 0 Å². The van der Waals surface area contributed by atoms with E-state index in [1.807, 2.05) is 0 Å². The minimum atomic E-state index is -1.14. The van der Waals surface area contributed by atoms with Gasteiger partial charge in [0.15, 0.2) is 0 Å². The first-order valence-electron chi connectivity index (χ1n) is 6.23. The van der Waals surface area contributed by atoms with E-state index in [-0.39, 0.29) is 6.54 Å². The molecule has 2 amide bonds. The first kappa shape index (κ1) is 18.1. The van der Waals surface area contributed by atoms with Gasteiger partial charge in [-0.2, -0.15) is 0 Å². The fraction of sp³-hybridized carbons (Fsp3) is 0.727. The summed E-state index contributed by atoms with van der Waals surface area (Å²) < 4.78 is 0. The zero-order chi connectivity index (χ0) is 15.5. The molecule has 0 rings (SSSR count). The second-order valence-corrected chi connectivity index (χ2v) is 4.33. The molecule has 9 heteroatoms. The third kappa shape index (κ3) is 10.1. The maximum absolute atomic E-state index is 11.2. The molecule has 0 spiro atoms. The third-order valence-electron chi connectivity index (χ3n) is 2.45. The Labute approximate surface area is 116 Å². The van der Waals surface area contributed by atoms with Gasteiger partial charge in [-0.05, 0) is 19.3 Å². The van der Waals surface area contributed by atoms with Gasteiger partial charge in [-0.1, -0.05) is 0 Å². The fourth-order valence-corrected chi connectivity index (χ4v) is 1.36. The minimum absolute atomic E-state index is 0.151. The van der Waals surface area contributed by atoms with Crippen molar-refractivity contribution in [3.63, 3.8) is 0 Å². The van der Waals surface area contributed by atoms with Crippen LogP contribution in [0.2, 0.25) is 0 Å². The van der Waals surface area contributed by atoms with Gasteiger partial charge in [0.05, 0.1) is 12.5 Å². The van der Waals surface area contributed by atoms with Crippen molar-refractivity contribution in [1.82, 2.24) is 10.6 Å². The highest BCUT2D eigenvalue weighted by molar-refractivity contribution is 5.74. The second-order valence-electron chi connectivity index (χ2n) is 4.33. The number of aliphatic carboxylic acids is 2. The lowest BCUT2D eigenvalue weighted by Crippen LogP contribution is -2.40. The van der Waals surface area contributed by atoms with Crippen molar-refractivity contribution in [2.24, 2.45) is 5.73 Å². The lowest BCUT2D eigenvalue weighted by atomic mass is 10.1. The maximum atomic E-state index is 11.2. The molecule has 2 atom stereocenters. The van der Waals surface area contributed by atoms with Gasteiger partial charge in [0.2, 0.25) is 0 Å². The molecule has 116 valence electrons. The van der Waals surface area contributed by atoms with E-state index in [9.17, 15) is 19.5 Å². The van der Waals surface area contributed by atoms with Gasteiger partial charge in [-0.3, -0.25) is 9.59 Å².